The van der Waals surface area contributed by atoms with Crippen LogP contribution in [0, 0.1) is 0 Å². The zero-order valence-electron chi connectivity index (χ0n) is 23.4. The summed E-state index contributed by atoms with van der Waals surface area (Å²) in [6, 6.07) is 16.6. The van der Waals surface area contributed by atoms with Crippen molar-refractivity contribution in [3.63, 3.8) is 0 Å². The summed E-state index contributed by atoms with van der Waals surface area (Å²) >= 11 is 0. The summed E-state index contributed by atoms with van der Waals surface area (Å²) in [5.74, 6) is 0.576. The number of fused-ring (bicyclic) bond motifs is 1. The Balaban J connectivity index is 1.13. The number of halogens is 3. The smallest absolute Gasteiger partial charge is 0.346 e. The van der Waals surface area contributed by atoms with Crippen molar-refractivity contribution < 1.29 is 18.0 Å². The van der Waals surface area contributed by atoms with Crippen LogP contribution in [0.5, 0.6) is 0 Å². The van der Waals surface area contributed by atoms with Crippen LogP contribution in [-0.2, 0) is 6.18 Å². The summed E-state index contributed by atoms with van der Waals surface area (Å²) in [7, 11) is 0. The van der Waals surface area contributed by atoms with Crippen molar-refractivity contribution in [3.05, 3.63) is 102 Å². The molecule has 0 aliphatic heterocycles. The lowest BCUT2D eigenvalue weighted by Crippen LogP contribution is -2.27. The van der Waals surface area contributed by atoms with Crippen molar-refractivity contribution in [2.45, 2.75) is 56.8 Å². The summed E-state index contributed by atoms with van der Waals surface area (Å²) in [6.07, 6.45) is 5.58. The van der Waals surface area contributed by atoms with E-state index in [1.807, 2.05) is 41.2 Å². The van der Waals surface area contributed by atoms with Gasteiger partial charge in [-0.3, -0.25) is 9.48 Å². The van der Waals surface area contributed by atoms with Gasteiger partial charge < -0.3 is 10.6 Å². The number of hydrogen-bond acceptors (Lipinski definition) is 5. The summed E-state index contributed by atoms with van der Waals surface area (Å²) in [4.78, 5) is 22.5. The Morgan fingerprint density at radius 3 is 2.60 bits per heavy atom. The second-order valence-electron chi connectivity index (χ2n) is 11.4. The van der Waals surface area contributed by atoms with Gasteiger partial charge in [-0.15, -0.1) is 0 Å². The van der Waals surface area contributed by atoms with Crippen LogP contribution in [0.15, 0.2) is 79.3 Å². The Hall–Kier alpha value is -4.73. The minimum Gasteiger partial charge on any atom is -0.346 e. The van der Waals surface area contributed by atoms with E-state index in [0.717, 1.165) is 65.5 Å². The van der Waals surface area contributed by atoms with Crippen LogP contribution in [0.2, 0.25) is 0 Å². The summed E-state index contributed by atoms with van der Waals surface area (Å²) in [6.45, 7) is 1.68. The molecule has 1 atom stereocenters. The zero-order valence-corrected chi connectivity index (χ0v) is 23.4. The van der Waals surface area contributed by atoms with Gasteiger partial charge in [0.05, 0.1) is 35.0 Å². The fourth-order valence-corrected chi connectivity index (χ4v) is 5.38. The first-order valence-corrected chi connectivity index (χ1v) is 14.4. The van der Waals surface area contributed by atoms with Gasteiger partial charge in [0.1, 0.15) is 0 Å². The number of nitrogens with zero attached hydrogens (tertiary/aromatic N) is 4. The molecule has 7 rings (SSSR count). The van der Waals surface area contributed by atoms with Gasteiger partial charge in [0.15, 0.2) is 0 Å². The number of nitrogens with one attached hydrogen (secondary N) is 2. The molecule has 2 fully saturated rings. The second-order valence-corrected chi connectivity index (χ2v) is 11.4. The van der Waals surface area contributed by atoms with E-state index >= 15 is 0 Å². The molecule has 2 aromatic heterocycles. The lowest BCUT2D eigenvalue weighted by atomic mass is 9.93. The number of carbonyl (C=O) groups excluding carboxylic acids is 1. The number of rotatable bonds is 8. The molecule has 2 N–H and O–H groups in total. The number of aromatic nitrogens is 4. The van der Waals surface area contributed by atoms with Crippen molar-refractivity contribution >= 4 is 28.4 Å². The van der Waals surface area contributed by atoms with Crippen molar-refractivity contribution in [3.8, 4) is 11.1 Å². The minimum atomic E-state index is -4.45. The van der Waals surface area contributed by atoms with E-state index in [-0.39, 0.29) is 5.91 Å². The van der Waals surface area contributed by atoms with Crippen LogP contribution in [-0.4, -0.2) is 25.7 Å². The maximum atomic E-state index is 13.3. The van der Waals surface area contributed by atoms with E-state index in [1.54, 1.807) is 31.5 Å². The molecule has 0 saturated heterocycles. The molecule has 7 nitrogen and oxygen atoms in total. The highest BCUT2D eigenvalue weighted by Gasteiger charge is 2.31. The van der Waals surface area contributed by atoms with Crippen LogP contribution >= 0.6 is 0 Å². The zero-order chi connectivity index (χ0) is 29.7. The Bertz CT molecular complexity index is 1840. The van der Waals surface area contributed by atoms with Crippen molar-refractivity contribution in [1.82, 2.24) is 25.1 Å². The molecule has 3 aromatic carbocycles. The third-order valence-electron chi connectivity index (χ3n) is 8.06. The van der Waals surface area contributed by atoms with Crippen molar-refractivity contribution in [1.29, 1.82) is 0 Å². The van der Waals surface area contributed by atoms with Crippen LogP contribution in [0.3, 0.4) is 0 Å². The van der Waals surface area contributed by atoms with E-state index in [2.05, 4.69) is 25.7 Å². The fraction of sp³-hybridized carbons (Fsp3) is 0.273. The van der Waals surface area contributed by atoms with Gasteiger partial charge in [-0.25, -0.2) is 9.97 Å². The Kier molecular flexibility index (Phi) is 6.64. The first-order valence-electron chi connectivity index (χ1n) is 14.4. The van der Waals surface area contributed by atoms with Gasteiger partial charge in [0, 0.05) is 23.3 Å². The average Bonchev–Trinajstić information content (AvgIpc) is 3.95. The summed E-state index contributed by atoms with van der Waals surface area (Å²) in [5.41, 5.74) is 4.80. The van der Waals surface area contributed by atoms with E-state index < -0.39 is 17.8 Å². The Labute approximate surface area is 246 Å². The van der Waals surface area contributed by atoms with Crippen LogP contribution in [0.1, 0.15) is 77.7 Å². The van der Waals surface area contributed by atoms with Gasteiger partial charge in [-0.1, -0.05) is 24.3 Å². The first-order chi connectivity index (χ1) is 20.7. The number of amides is 1. The highest BCUT2D eigenvalue weighted by Crippen LogP contribution is 2.45. The molecule has 218 valence electrons. The average molecular weight is 583 g/mol. The third-order valence-corrected chi connectivity index (χ3v) is 8.06. The van der Waals surface area contributed by atoms with Gasteiger partial charge in [-0.2, -0.15) is 18.3 Å². The number of carbonyl (C=O) groups is 1. The second kappa shape index (κ2) is 10.5. The quantitative estimate of drug-likeness (QED) is 0.194. The van der Waals surface area contributed by atoms with Gasteiger partial charge in [0.2, 0.25) is 5.95 Å². The molecule has 5 aromatic rings. The largest absolute Gasteiger partial charge is 0.416 e. The van der Waals surface area contributed by atoms with Gasteiger partial charge in [-0.05, 0) is 97.2 Å². The normalized spacial score (nSPS) is 15.8. The maximum absolute atomic E-state index is 13.3. The summed E-state index contributed by atoms with van der Waals surface area (Å²) in [5, 5.41) is 11.4. The standard InChI is InChI=1S/C33H29F3N6O/c1-19(21-3-2-4-25(14-21)33(34,35)36)39-31(43)23-7-11-28(20-5-6-20)29(15-23)22-8-12-30-24(13-22)16-37-32(41-30)40-26-17-38-42(18-26)27-9-10-27/h2-4,7-8,11-20,27H,5-6,9-10H2,1H3,(H,39,43)(H,37,40,41)/t19-/m0/s1. The van der Waals surface area contributed by atoms with Crippen LogP contribution in [0.4, 0.5) is 24.8 Å². The summed E-state index contributed by atoms with van der Waals surface area (Å²) < 4.78 is 41.6. The number of hydrogen-bond donors (Lipinski definition) is 2. The highest BCUT2D eigenvalue weighted by atomic mass is 19.4. The maximum Gasteiger partial charge on any atom is 0.416 e. The molecule has 10 heteroatoms. The molecular weight excluding hydrogens is 553 g/mol. The molecule has 0 bridgehead atoms. The molecular formula is C33H29F3N6O. The predicted octanol–water partition coefficient (Wildman–Crippen LogP) is 7.96. The molecule has 0 spiro atoms. The fourth-order valence-electron chi connectivity index (χ4n) is 5.38. The molecule has 1 amide bonds. The molecule has 2 heterocycles. The SMILES string of the molecule is C[C@H](NC(=O)c1ccc(C2CC2)c(-c2ccc3nc(Nc4cnn(C5CC5)c4)ncc3c2)c1)c1cccc(C(F)(F)F)c1. The van der Waals surface area contributed by atoms with Crippen LogP contribution < -0.4 is 10.6 Å². The van der Waals surface area contributed by atoms with Crippen molar-refractivity contribution in [2.75, 3.05) is 5.32 Å². The number of benzene rings is 3. The van der Waals surface area contributed by atoms with Crippen molar-refractivity contribution in [2.24, 2.45) is 0 Å². The third kappa shape index (κ3) is 5.82. The van der Waals surface area contributed by atoms with Gasteiger partial charge >= 0.3 is 6.18 Å². The monoisotopic (exact) mass is 582 g/mol. The molecule has 0 radical (unpaired) electrons. The topological polar surface area (TPSA) is 84.7 Å². The molecule has 2 saturated carbocycles. The number of anilines is 2. The molecule has 2 aliphatic rings. The van der Waals surface area contributed by atoms with E-state index in [1.165, 1.54) is 11.6 Å². The Morgan fingerprint density at radius 2 is 1.84 bits per heavy atom. The van der Waals surface area contributed by atoms with Gasteiger partial charge in [0.25, 0.3) is 5.91 Å². The Morgan fingerprint density at radius 1 is 1.00 bits per heavy atom. The molecule has 0 unspecified atom stereocenters. The van der Waals surface area contributed by atoms with E-state index in [4.69, 9.17) is 0 Å². The van der Waals surface area contributed by atoms with E-state index in [9.17, 15) is 18.0 Å². The first kappa shape index (κ1) is 27.1. The lowest BCUT2D eigenvalue weighted by Gasteiger charge is -2.17. The molecule has 43 heavy (non-hydrogen) atoms. The highest BCUT2D eigenvalue weighted by molar-refractivity contribution is 5.96. The van der Waals surface area contributed by atoms with Crippen LogP contribution in [0.25, 0.3) is 22.0 Å². The predicted molar refractivity (Wildman–Crippen MR) is 158 cm³/mol. The minimum absolute atomic E-state index is 0.349. The lowest BCUT2D eigenvalue weighted by molar-refractivity contribution is -0.137. The molecule has 2 aliphatic carbocycles. The van der Waals surface area contributed by atoms with E-state index in [0.29, 0.717) is 29.0 Å². The number of alkyl halides is 3.